The highest BCUT2D eigenvalue weighted by atomic mass is 16.6. The van der Waals surface area contributed by atoms with Crippen LogP contribution in [0, 0.1) is 5.41 Å². The zero-order valence-electron chi connectivity index (χ0n) is 14.6. The number of para-hydroxylation sites is 1. The van der Waals surface area contributed by atoms with E-state index in [9.17, 15) is 9.59 Å². The van der Waals surface area contributed by atoms with E-state index in [2.05, 4.69) is 11.4 Å². The van der Waals surface area contributed by atoms with Crippen molar-refractivity contribution in [3.05, 3.63) is 29.8 Å². The zero-order valence-corrected chi connectivity index (χ0v) is 14.6. The van der Waals surface area contributed by atoms with Crippen LogP contribution in [0.4, 0.5) is 5.69 Å². The molecule has 0 aromatic heterocycles. The first-order valence-electron chi connectivity index (χ1n) is 9.29. The number of hydrogen-bond acceptors (Lipinski definition) is 5. The van der Waals surface area contributed by atoms with Gasteiger partial charge in [0.15, 0.2) is 5.78 Å². The van der Waals surface area contributed by atoms with Crippen LogP contribution in [0.25, 0.3) is 0 Å². The summed E-state index contributed by atoms with van der Waals surface area (Å²) in [7, 11) is 0. The molecule has 0 unspecified atom stereocenters. The lowest BCUT2D eigenvalue weighted by Crippen LogP contribution is -2.64. The van der Waals surface area contributed by atoms with Gasteiger partial charge in [-0.05, 0) is 38.3 Å². The molecule has 3 fully saturated rings. The van der Waals surface area contributed by atoms with Crippen molar-refractivity contribution < 1.29 is 19.1 Å². The minimum Gasteiger partial charge on any atom is -0.463 e. The average Bonchev–Trinajstić information content (AvgIpc) is 3.19. The van der Waals surface area contributed by atoms with E-state index in [1.807, 2.05) is 25.1 Å². The van der Waals surface area contributed by atoms with Gasteiger partial charge in [-0.2, -0.15) is 0 Å². The third-order valence-corrected chi connectivity index (χ3v) is 7.05. The Bertz CT molecular complexity index is 792. The van der Waals surface area contributed by atoms with Crippen molar-refractivity contribution in [2.45, 2.75) is 62.7 Å². The number of hydrogen-bond donors (Lipinski definition) is 1. The van der Waals surface area contributed by atoms with Gasteiger partial charge in [-0.3, -0.25) is 4.79 Å². The molecule has 5 rings (SSSR count). The minimum absolute atomic E-state index is 0.0103. The predicted molar refractivity (Wildman–Crippen MR) is 91.4 cm³/mol. The molecule has 1 aromatic rings. The normalized spacial score (nSPS) is 43.2. The van der Waals surface area contributed by atoms with Crippen LogP contribution >= 0.6 is 0 Å². The Balaban J connectivity index is 1.75. The maximum absolute atomic E-state index is 13.6. The van der Waals surface area contributed by atoms with E-state index in [0.29, 0.717) is 0 Å². The van der Waals surface area contributed by atoms with Crippen molar-refractivity contribution in [3.63, 3.8) is 0 Å². The summed E-state index contributed by atoms with van der Waals surface area (Å²) in [6, 6.07) is 7.75. The first-order chi connectivity index (χ1) is 12.0. The molecule has 25 heavy (non-hydrogen) atoms. The van der Waals surface area contributed by atoms with E-state index in [0.717, 1.165) is 31.4 Å². The average molecular weight is 341 g/mol. The van der Waals surface area contributed by atoms with Gasteiger partial charge in [0.2, 0.25) is 5.60 Å². The Morgan fingerprint density at radius 2 is 2.08 bits per heavy atom. The molecule has 0 radical (unpaired) electrons. The van der Waals surface area contributed by atoms with E-state index in [1.165, 1.54) is 5.56 Å². The van der Waals surface area contributed by atoms with Gasteiger partial charge in [0.1, 0.15) is 0 Å². The number of benzene rings is 1. The molecular weight excluding hydrogens is 318 g/mol. The van der Waals surface area contributed by atoms with Gasteiger partial charge in [0.25, 0.3) is 0 Å². The van der Waals surface area contributed by atoms with E-state index < -0.39 is 22.6 Å². The first-order valence-corrected chi connectivity index (χ1v) is 9.29. The summed E-state index contributed by atoms with van der Waals surface area (Å²) < 4.78 is 11.9. The lowest BCUT2D eigenvalue weighted by Gasteiger charge is -2.49. The summed E-state index contributed by atoms with van der Waals surface area (Å²) in [4.78, 5) is 26.6. The zero-order chi connectivity index (χ0) is 17.4. The second-order valence-corrected chi connectivity index (χ2v) is 8.00. The third kappa shape index (κ3) is 1.47. The molecule has 5 nitrogen and oxygen atoms in total. The Morgan fingerprint density at radius 3 is 2.88 bits per heavy atom. The number of anilines is 1. The van der Waals surface area contributed by atoms with Gasteiger partial charge in [0, 0.05) is 11.6 Å². The number of esters is 1. The van der Waals surface area contributed by atoms with Gasteiger partial charge in [0.05, 0.1) is 23.7 Å². The summed E-state index contributed by atoms with van der Waals surface area (Å²) in [5, 5.41) is 3.44. The number of ether oxygens (including phenoxy) is 2. The van der Waals surface area contributed by atoms with Gasteiger partial charge in [-0.15, -0.1) is 0 Å². The molecule has 1 aromatic carbocycles. The standard InChI is InChI=1S/C20H23NO4/c1-3-24-17(23)20-15-14(12-8-4-5-9-13(12)21-15)19(25-20)11-7-6-10-18(19,2)16(20)22/h4-5,8-9,14-15,21H,3,6-7,10-11H2,1-2H3/t14-,15+,18+,19-,20+/m1/s1. The number of nitrogens with one attached hydrogen (secondary N) is 1. The minimum atomic E-state index is -1.52. The van der Waals surface area contributed by atoms with E-state index >= 15 is 0 Å². The van der Waals surface area contributed by atoms with Crippen LogP contribution < -0.4 is 5.32 Å². The van der Waals surface area contributed by atoms with E-state index in [1.54, 1.807) is 6.92 Å². The van der Waals surface area contributed by atoms with Crippen LogP contribution in [0.15, 0.2) is 24.3 Å². The number of rotatable bonds is 2. The molecule has 132 valence electrons. The van der Waals surface area contributed by atoms with Gasteiger partial charge >= 0.3 is 5.97 Å². The van der Waals surface area contributed by atoms with Gasteiger partial charge < -0.3 is 14.8 Å². The fraction of sp³-hybridized carbons (Fsp3) is 0.600. The molecular formula is C20H23NO4. The lowest BCUT2D eigenvalue weighted by atomic mass is 9.51. The van der Waals surface area contributed by atoms with Crippen LogP contribution in [0.5, 0.6) is 0 Å². The molecule has 2 saturated heterocycles. The maximum Gasteiger partial charge on any atom is 0.348 e. The van der Waals surface area contributed by atoms with Crippen molar-refractivity contribution in [2.75, 3.05) is 11.9 Å². The number of fused-ring (bicyclic) bond motifs is 5. The van der Waals surface area contributed by atoms with Crippen molar-refractivity contribution >= 4 is 17.4 Å². The molecule has 1 N–H and O–H groups in total. The second kappa shape index (κ2) is 4.64. The second-order valence-electron chi connectivity index (χ2n) is 8.00. The molecule has 1 spiro atoms. The predicted octanol–water partition coefficient (Wildman–Crippen LogP) is 2.80. The third-order valence-electron chi connectivity index (χ3n) is 7.05. The molecule has 1 saturated carbocycles. The monoisotopic (exact) mass is 341 g/mol. The number of carbonyl (C=O) groups is 2. The molecule has 3 heterocycles. The van der Waals surface area contributed by atoms with Crippen LogP contribution in [0.2, 0.25) is 0 Å². The van der Waals surface area contributed by atoms with E-state index in [4.69, 9.17) is 9.47 Å². The number of ketones is 1. The van der Waals surface area contributed by atoms with Gasteiger partial charge in [-0.1, -0.05) is 31.0 Å². The van der Waals surface area contributed by atoms with Crippen molar-refractivity contribution in [1.82, 2.24) is 0 Å². The van der Waals surface area contributed by atoms with Crippen LogP contribution in [0.3, 0.4) is 0 Å². The SMILES string of the molecule is CCOC(=O)[C@@]12O[C@]3(CCCC[C@@]3(C)C1=O)[C@@H]1c3ccccc3N[C@@H]12. The summed E-state index contributed by atoms with van der Waals surface area (Å²) in [6.45, 7) is 4.01. The summed E-state index contributed by atoms with van der Waals surface area (Å²) in [6.07, 6.45) is 3.61. The van der Waals surface area contributed by atoms with Crippen molar-refractivity contribution in [2.24, 2.45) is 5.41 Å². The Hall–Kier alpha value is -1.88. The molecule has 4 aliphatic rings. The summed E-state index contributed by atoms with van der Waals surface area (Å²) in [5.41, 5.74) is -0.577. The van der Waals surface area contributed by atoms with Crippen LogP contribution in [0.1, 0.15) is 51.0 Å². The molecule has 3 aliphatic heterocycles. The highest BCUT2D eigenvalue weighted by Crippen LogP contribution is 2.71. The number of Topliss-reactive ketones (excluding diaryl/α,β-unsaturated/α-hetero) is 1. The highest BCUT2D eigenvalue weighted by Gasteiger charge is 2.85. The van der Waals surface area contributed by atoms with Crippen molar-refractivity contribution in [3.8, 4) is 0 Å². The fourth-order valence-corrected chi connectivity index (χ4v) is 6.02. The molecule has 5 heteroatoms. The highest BCUT2D eigenvalue weighted by molar-refractivity contribution is 6.15. The van der Waals surface area contributed by atoms with Crippen molar-refractivity contribution in [1.29, 1.82) is 0 Å². The Labute approximate surface area is 147 Å². The van der Waals surface area contributed by atoms with Crippen LogP contribution in [-0.2, 0) is 19.1 Å². The largest absolute Gasteiger partial charge is 0.463 e. The smallest absolute Gasteiger partial charge is 0.348 e. The molecule has 0 amide bonds. The Morgan fingerprint density at radius 1 is 1.32 bits per heavy atom. The molecule has 1 aliphatic carbocycles. The topological polar surface area (TPSA) is 64.6 Å². The summed E-state index contributed by atoms with van der Waals surface area (Å²) in [5.74, 6) is -0.599. The van der Waals surface area contributed by atoms with Crippen LogP contribution in [-0.4, -0.2) is 35.6 Å². The first kappa shape index (κ1) is 15.4. The van der Waals surface area contributed by atoms with E-state index in [-0.39, 0.29) is 24.3 Å². The lowest BCUT2D eigenvalue weighted by molar-refractivity contribution is -0.173. The summed E-state index contributed by atoms with van der Waals surface area (Å²) >= 11 is 0. The van der Waals surface area contributed by atoms with Gasteiger partial charge in [-0.25, -0.2) is 4.79 Å². The molecule has 5 atom stereocenters. The quantitative estimate of drug-likeness (QED) is 0.662. The Kier molecular flexibility index (Phi) is 2.85. The fourth-order valence-electron chi connectivity index (χ4n) is 6.02. The molecule has 2 bridgehead atoms. The number of carbonyl (C=O) groups excluding carboxylic acids is 2. The maximum atomic E-state index is 13.6.